The number of benzene rings is 1. The number of thiazole rings is 1. The van der Waals surface area contributed by atoms with Crippen molar-refractivity contribution in [3.05, 3.63) is 34.8 Å². The van der Waals surface area contributed by atoms with E-state index >= 15 is 0 Å². The Kier molecular flexibility index (Phi) is 4.99. The molecule has 0 spiro atoms. The largest absolute Gasteiger partial charge is 0.497 e. The number of hydrogen-bond donors (Lipinski definition) is 3. The first-order chi connectivity index (χ1) is 10.1. The van der Waals surface area contributed by atoms with E-state index in [2.05, 4.69) is 20.9 Å². The molecular formula is C14H18N4O2S. The zero-order valence-electron chi connectivity index (χ0n) is 12.2. The molecule has 7 heteroatoms. The van der Waals surface area contributed by atoms with Gasteiger partial charge in [0, 0.05) is 18.1 Å². The van der Waals surface area contributed by atoms with Crippen molar-refractivity contribution in [1.29, 1.82) is 0 Å². The summed E-state index contributed by atoms with van der Waals surface area (Å²) < 4.78 is 5.13. The second kappa shape index (κ2) is 6.94. The molecule has 1 heterocycles. The van der Waals surface area contributed by atoms with Gasteiger partial charge in [-0.05, 0) is 30.7 Å². The first-order valence-electron chi connectivity index (χ1n) is 6.44. The first-order valence-corrected chi connectivity index (χ1v) is 7.32. The fourth-order valence-corrected chi connectivity index (χ4v) is 2.42. The number of nitrogens with one attached hydrogen (secondary N) is 3. The Morgan fingerprint density at radius 1 is 1.43 bits per heavy atom. The van der Waals surface area contributed by atoms with Gasteiger partial charge in [-0.1, -0.05) is 0 Å². The summed E-state index contributed by atoms with van der Waals surface area (Å²) in [5.41, 5.74) is 2.52. The predicted molar refractivity (Wildman–Crippen MR) is 85.3 cm³/mol. The molecule has 0 atom stereocenters. The van der Waals surface area contributed by atoms with Crippen LogP contribution in [0, 0.1) is 6.92 Å². The highest BCUT2D eigenvalue weighted by Crippen LogP contribution is 2.21. The highest BCUT2D eigenvalue weighted by atomic mass is 32.1. The Labute approximate surface area is 127 Å². The second-order valence-corrected chi connectivity index (χ2v) is 5.24. The lowest BCUT2D eigenvalue weighted by molar-refractivity contribution is 0.251. The number of amides is 2. The van der Waals surface area contributed by atoms with Gasteiger partial charge in [0.15, 0.2) is 5.13 Å². The van der Waals surface area contributed by atoms with Crippen molar-refractivity contribution in [3.8, 4) is 5.75 Å². The summed E-state index contributed by atoms with van der Waals surface area (Å²) in [7, 11) is 3.43. The molecule has 0 saturated carbocycles. The number of anilines is 2. The van der Waals surface area contributed by atoms with Crippen LogP contribution in [-0.2, 0) is 6.54 Å². The van der Waals surface area contributed by atoms with Gasteiger partial charge in [0.05, 0.1) is 19.3 Å². The lowest BCUT2D eigenvalue weighted by atomic mass is 10.2. The number of rotatable bonds is 5. The van der Waals surface area contributed by atoms with Gasteiger partial charge >= 0.3 is 6.03 Å². The number of carbonyl (C=O) groups excluding carboxylic acids is 1. The zero-order chi connectivity index (χ0) is 15.2. The van der Waals surface area contributed by atoms with E-state index in [1.54, 1.807) is 7.11 Å². The number of nitrogens with zero attached hydrogens (tertiary/aromatic N) is 1. The van der Waals surface area contributed by atoms with Crippen LogP contribution in [0.25, 0.3) is 0 Å². The third-order valence-corrected chi connectivity index (χ3v) is 3.79. The molecule has 0 saturated heterocycles. The van der Waals surface area contributed by atoms with Gasteiger partial charge in [-0.15, -0.1) is 11.3 Å². The fraction of sp³-hybridized carbons (Fsp3) is 0.286. The maximum Gasteiger partial charge on any atom is 0.319 e. The SMILES string of the molecule is CNc1nc(CNC(=O)Nc2ccc(OC)cc2C)cs1. The van der Waals surface area contributed by atoms with Gasteiger partial charge in [-0.25, -0.2) is 9.78 Å². The van der Waals surface area contributed by atoms with Gasteiger partial charge in [-0.2, -0.15) is 0 Å². The molecule has 0 aliphatic carbocycles. The second-order valence-electron chi connectivity index (χ2n) is 4.38. The van der Waals surface area contributed by atoms with Crippen LogP contribution in [-0.4, -0.2) is 25.2 Å². The molecular weight excluding hydrogens is 288 g/mol. The molecule has 6 nitrogen and oxygen atoms in total. The molecule has 0 bridgehead atoms. The highest BCUT2D eigenvalue weighted by Gasteiger charge is 2.06. The van der Waals surface area contributed by atoms with Crippen molar-refractivity contribution >= 4 is 28.2 Å². The highest BCUT2D eigenvalue weighted by molar-refractivity contribution is 7.13. The summed E-state index contributed by atoms with van der Waals surface area (Å²) in [6.07, 6.45) is 0. The van der Waals surface area contributed by atoms with Crippen molar-refractivity contribution in [2.24, 2.45) is 0 Å². The molecule has 0 fully saturated rings. The van der Waals surface area contributed by atoms with E-state index in [4.69, 9.17) is 4.74 Å². The molecule has 2 rings (SSSR count). The van der Waals surface area contributed by atoms with Crippen LogP contribution >= 0.6 is 11.3 Å². The molecule has 2 aromatic rings. The predicted octanol–water partition coefficient (Wildman–Crippen LogP) is 2.82. The molecule has 0 aliphatic heterocycles. The lowest BCUT2D eigenvalue weighted by Crippen LogP contribution is -2.28. The Morgan fingerprint density at radius 2 is 2.24 bits per heavy atom. The van der Waals surface area contributed by atoms with Crippen LogP contribution in [0.3, 0.4) is 0 Å². The molecule has 0 aliphatic rings. The van der Waals surface area contributed by atoms with Crippen molar-refractivity contribution in [1.82, 2.24) is 10.3 Å². The molecule has 1 aromatic heterocycles. The number of aromatic nitrogens is 1. The molecule has 0 radical (unpaired) electrons. The van der Waals surface area contributed by atoms with Gasteiger partial charge in [0.2, 0.25) is 0 Å². The van der Waals surface area contributed by atoms with E-state index in [9.17, 15) is 4.79 Å². The summed E-state index contributed by atoms with van der Waals surface area (Å²) in [6, 6.07) is 5.23. The van der Waals surface area contributed by atoms with Crippen LogP contribution < -0.4 is 20.7 Å². The quantitative estimate of drug-likeness (QED) is 0.794. The van der Waals surface area contributed by atoms with E-state index in [0.717, 1.165) is 27.8 Å². The van der Waals surface area contributed by atoms with E-state index in [0.29, 0.717) is 6.54 Å². The Balaban J connectivity index is 1.89. The number of hydrogen-bond acceptors (Lipinski definition) is 5. The van der Waals surface area contributed by atoms with Crippen LogP contribution in [0.4, 0.5) is 15.6 Å². The normalized spacial score (nSPS) is 10.0. The van der Waals surface area contributed by atoms with E-state index < -0.39 is 0 Å². The Morgan fingerprint density at radius 3 is 2.86 bits per heavy atom. The third kappa shape index (κ3) is 4.09. The average Bonchev–Trinajstić information content (AvgIpc) is 2.95. The summed E-state index contributed by atoms with van der Waals surface area (Å²) in [6.45, 7) is 2.30. The minimum Gasteiger partial charge on any atom is -0.497 e. The monoisotopic (exact) mass is 306 g/mol. The summed E-state index contributed by atoms with van der Waals surface area (Å²) in [4.78, 5) is 16.2. The van der Waals surface area contributed by atoms with Gasteiger partial charge < -0.3 is 20.7 Å². The number of urea groups is 1. The Hall–Kier alpha value is -2.28. The van der Waals surface area contributed by atoms with Crippen molar-refractivity contribution in [3.63, 3.8) is 0 Å². The maximum atomic E-state index is 11.9. The van der Waals surface area contributed by atoms with E-state index in [1.165, 1.54) is 11.3 Å². The van der Waals surface area contributed by atoms with Gasteiger partial charge in [-0.3, -0.25) is 0 Å². The number of methoxy groups -OCH3 is 1. The Bertz CT molecular complexity index is 627. The van der Waals surface area contributed by atoms with Crippen molar-refractivity contribution in [2.75, 3.05) is 24.8 Å². The number of ether oxygens (including phenoxy) is 1. The molecule has 2 amide bonds. The van der Waals surface area contributed by atoms with Crippen molar-refractivity contribution in [2.45, 2.75) is 13.5 Å². The summed E-state index contributed by atoms with van der Waals surface area (Å²) in [5.74, 6) is 0.764. The van der Waals surface area contributed by atoms with Gasteiger partial charge in [0.1, 0.15) is 5.75 Å². The minimum atomic E-state index is -0.262. The lowest BCUT2D eigenvalue weighted by Gasteiger charge is -2.10. The average molecular weight is 306 g/mol. The van der Waals surface area contributed by atoms with Crippen LogP contribution in [0.2, 0.25) is 0 Å². The summed E-state index contributed by atoms with van der Waals surface area (Å²) in [5, 5.41) is 11.3. The maximum absolute atomic E-state index is 11.9. The van der Waals surface area contributed by atoms with Crippen molar-refractivity contribution < 1.29 is 9.53 Å². The minimum absolute atomic E-state index is 0.262. The molecule has 1 aromatic carbocycles. The van der Waals surface area contributed by atoms with Crippen LogP contribution in [0.15, 0.2) is 23.6 Å². The van der Waals surface area contributed by atoms with Crippen LogP contribution in [0.5, 0.6) is 5.75 Å². The number of carbonyl (C=O) groups is 1. The number of aryl methyl sites for hydroxylation is 1. The summed E-state index contributed by atoms with van der Waals surface area (Å²) >= 11 is 1.50. The third-order valence-electron chi connectivity index (χ3n) is 2.88. The molecule has 112 valence electrons. The first kappa shape index (κ1) is 15.1. The smallest absolute Gasteiger partial charge is 0.319 e. The fourth-order valence-electron chi connectivity index (χ4n) is 1.74. The zero-order valence-corrected chi connectivity index (χ0v) is 13.0. The van der Waals surface area contributed by atoms with Gasteiger partial charge in [0.25, 0.3) is 0 Å². The van der Waals surface area contributed by atoms with Crippen LogP contribution in [0.1, 0.15) is 11.3 Å². The van der Waals surface area contributed by atoms with E-state index in [1.807, 2.05) is 37.6 Å². The molecule has 0 unspecified atom stereocenters. The molecule has 3 N–H and O–H groups in total. The topological polar surface area (TPSA) is 75.3 Å². The standard InChI is InChI=1S/C14H18N4O2S/c1-9-6-11(20-3)4-5-12(9)18-13(19)16-7-10-8-21-14(15-2)17-10/h4-6,8H,7H2,1-3H3,(H,15,17)(H2,16,18,19). The van der Waals surface area contributed by atoms with E-state index in [-0.39, 0.29) is 6.03 Å². The molecule has 21 heavy (non-hydrogen) atoms.